The maximum Gasteiger partial charge on any atom is 0.126 e. The van der Waals surface area contributed by atoms with Crippen LogP contribution in [0.4, 0.5) is 0 Å². The molecule has 0 radical (unpaired) electrons. The molecular formula is C13H11ClN2O. The number of fused-ring (bicyclic) bond motifs is 1. The monoisotopic (exact) mass is 246 g/mol. The van der Waals surface area contributed by atoms with E-state index in [9.17, 15) is 0 Å². The van der Waals surface area contributed by atoms with Gasteiger partial charge in [-0.05, 0) is 12.1 Å². The molecule has 0 aliphatic heterocycles. The molecule has 1 heterocycles. The van der Waals surface area contributed by atoms with Crippen molar-refractivity contribution >= 4 is 22.4 Å². The highest BCUT2D eigenvalue weighted by atomic mass is 35.5. The van der Waals surface area contributed by atoms with Gasteiger partial charge in [-0.15, -0.1) is 11.6 Å². The van der Waals surface area contributed by atoms with Crippen LogP contribution < -0.4 is 4.74 Å². The lowest BCUT2D eigenvalue weighted by molar-refractivity contribution is 0.420. The number of halogens is 1. The Labute approximate surface area is 105 Å². The van der Waals surface area contributed by atoms with Crippen molar-refractivity contribution in [2.45, 2.75) is 5.92 Å². The average Bonchev–Trinajstić information content (AvgIpc) is 2.39. The molecule has 2 aromatic rings. The molecule has 0 fully saturated rings. The van der Waals surface area contributed by atoms with E-state index in [0.717, 1.165) is 16.5 Å². The summed E-state index contributed by atoms with van der Waals surface area (Å²) in [7, 11) is 1.62. The molecule has 17 heavy (non-hydrogen) atoms. The standard InChI is InChI=1S/C13H11ClN2O/c1-17-12-4-2-3-11-10(12)5-6-16-13(11)9(7-14)8-15/h2-6,9H,7H2,1H3. The first-order valence-electron chi connectivity index (χ1n) is 5.19. The van der Waals surface area contributed by atoms with Crippen LogP contribution in [0.2, 0.25) is 0 Å². The number of pyridine rings is 1. The molecule has 3 nitrogen and oxygen atoms in total. The molecule has 4 heteroatoms. The molecule has 0 saturated heterocycles. The Morgan fingerprint density at radius 2 is 2.24 bits per heavy atom. The molecule has 0 N–H and O–H groups in total. The number of rotatable bonds is 3. The zero-order valence-corrected chi connectivity index (χ0v) is 10.1. The number of methoxy groups -OCH3 is 1. The number of aromatic nitrogens is 1. The van der Waals surface area contributed by atoms with Gasteiger partial charge in [-0.1, -0.05) is 12.1 Å². The Balaban J connectivity index is 2.70. The minimum absolute atomic E-state index is 0.236. The van der Waals surface area contributed by atoms with Crippen LogP contribution in [0.1, 0.15) is 11.6 Å². The van der Waals surface area contributed by atoms with Crippen molar-refractivity contribution in [1.29, 1.82) is 5.26 Å². The molecule has 0 aliphatic rings. The van der Waals surface area contributed by atoms with Crippen molar-refractivity contribution in [3.63, 3.8) is 0 Å². The van der Waals surface area contributed by atoms with Gasteiger partial charge in [0.05, 0.1) is 18.9 Å². The predicted octanol–water partition coefficient (Wildman–Crippen LogP) is 3.09. The van der Waals surface area contributed by atoms with Crippen molar-refractivity contribution in [1.82, 2.24) is 4.98 Å². The molecule has 1 atom stereocenters. The number of benzene rings is 1. The number of hydrogen-bond acceptors (Lipinski definition) is 3. The number of nitrogens with zero attached hydrogens (tertiary/aromatic N) is 2. The molecule has 0 amide bonds. The fourth-order valence-corrected chi connectivity index (χ4v) is 2.04. The highest BCUT2D eigenvalue weighted by molar-refractivity contribution is 6.18. The summed E-state index contributed by atoms with van der Waals surface area (Å²) >= 11 is 5.78. The van der Waals surface area contributed by atoms with Crippen molar-refractivity contribution in [2.75, 3.05) is 13.0 Å². The van der Waals surface area contributed by atoms with Gasteiger partial charge in [0.2, 0.25) is 0 Å². The third-order valence-electron chi connectivity index (χ3n) is 2.66. The summed E-state index contributed by atoms with van der Waals surface area (Å²) in [6, 6.07) is 9.73. The second-order valence-corrected chi connectivity index (χ2v) is 3.90. The number of nitriles is 1. The average molecular weight is 247 g/mol. The van der Waals surface area contributed by atoms with Crippen LogP contribution in [0.3, 0.4) is 0 Å². The molecule has 0 bridgehead atoms. The van der Waals surface area contributed by atoms with E-state index in [1.165, 1.54) is 0 Å². The summed E-state index contributed by atoms with van der Waals surface area (Å²) in [5, 5.41) is 10.9. The molecule has 86 valence electrons. The van der Waals surface area contributed by atoms with Gasteiger partial charge in [0.15, 0.2) is 0 Å². The summed E-state index contributed by atoms with van der Waals surface area (Å²) in [5.41, 5.74) is 0.707. The molecule has 0 saturated carbocycles. The minimum atomic E-state index is -0.396. The van der Waals surface area contributed by atoms with Gasteiger partial charge in [0.1, 0.15) is 11.7 Å². The van der Waals surface area contributed by atoms with E-state index in [-0.39, 0.29) is 5.88 Å². The Bertz CT molecular complexity index is 577. The fourth-order valence-electron chi connectivity index (χ4n) is 1.83. The number of ether oxygens (including phenoxy) is 1. The van der Waals surface area contributed by atoms with E-state index in [0.29, 0.717) is 5.69 Å². The van der Waals surface area contributed by atoms with Gasteiger partial charge in [-0.25, -0.2) is 0 Å². The van der Waals surface area contributed by atoms with Gasteiger partial charge in [-0.3, -0.25) is 4.98 Å². The van der Waals surface area contributed by atoms with E-state index < -0.39 is 5.92 Å². The predicted molar refractivity (Wildman–Crippen MR) is 67.4 cm³/mol. The van der Waals surface area contributed by atoms with Crippen LogP contribution in [0.25, 0.3) is 10.8 Å². The van der Waals surface area contributed by atoms with E-state index in [2.05, 4.69) is 11.1 Å². The van der Waals surface area contributed by atoms with Crippen LogP contribution in [-0.4, -0.2) is 18.0 Å². The highest BCUT2D eigenvalue weighted by Gasteiger charge is 2.15. The van der Waals surface area contributed by atoms with Gasteiger partial charge < -0.3 is 4.74 Å². The lowest BCUT2D eigenvalue weighted by atomic mass is 10.0. The first kappa shape index (κ1) is 11.7. The summed E-state index contributed by atoms with van der Waals surface area (Å²) in [5.74, 6) is 0.615. The molecule has 0 aliphatic carbocycles. The third-order valence-corrected chi connectivity index (χ3v) is 2.97. The fraction of sp³-hybridized carbons (Fsp3) is 0.231. The topological polar surface area (TPSA) is 45.9 Å². The largest absolute Gasteiger partial charge is 0.496 e. The van der Waals surface area contributed by atoms with E-state index in [1.54, 1.807) is 13.3 Å². The van der Waals surface area contributed by atoms with E-state index in [4.69, 9.17) is 21.6 Å². The summed E-state index contributed by atoms with van der Waals surface area (Å²) in [6.45, 7) is 0. The van der Waals surface area contributed by atoms with Crippen molar-refractivity contribution < 1.29 is 4.74 Å². The van der Waals surface area contributed by atoms with E-state index >= 15 is 0 Å². The van der Waals surface area contributed by atoms with Crippen molar-refractivity contribution in [3.8, 4) is 11.8 Å². The summed E-state index contributed by atoms with van der Waals surface area (Å²) in [6.07, 6.45) is 1.68. The SMILES string of the molecule is COc1cccc2c(C(C#N)CCl)nccc12. The van der Waals surface area contributed by atoms with Crippen LogP contribution >= 0.6 is 11.6 Å². The first-order chi connectivity index (χ1) is 8.31. The smallest absolute Gasteiger partial charge is 0.126 e. The second kappa shape index (κ2) is 5.03. The van der Waals surface area contributed by atoms with Crippen LogP contribution in [0.5, 0.6) is 5.75 Å². The Morgan fingerprint density at radius 3 is 2.88 bits per heavy atom. The van der Waals surface area contributed by atoms with Crippen molar-refractivity contribution in [3.05, 3.63) is 36.2 Å². The van der Waals surface area contributed by atoms with Crippen LogP contribution in [0, 0.1) is 11.3 Å². The Hall–Kier alpha value is -1.79. The lowest BCUT2D eigenvalue weighted by Gasteiger charge is -2.10. The molecular weight excluding hydrogens is 236 g/mol. The minimum Gasteiger partial charge on any atom is -0.496 e. The number of alkyl halides is 1. The quantitative estimate of drug-likeness (QED) is 0.782. The summed E-state index contributed by atoms with van der Waals surface area (Å²) < 4.78 is 5.29. The summed E-state index contributed by atoms with van der Waals surface area (Å²) in [4.78, 5) is 4.26. The molecule has 2 rings (SSSR count). The van der Waals surface area contributed by atoms with Gasteiger partial charge >= 0.3 is 0 Å². The van der Waals surface area contributed by atoms with Crippen molar-refractivity contribution in [2.24, 2.45) is 0 Å². The van der Waals surface area contributed by atoms with Crippen LogP contribution in [0.15, 0.2) is 30.5 Å². The molecule has 1 aromatic carbocycles. The van der Waals surface area contributed by atoms with Gasteiger partial charge in [-0.2, -0.15) is 5.26 Å². The Kier molecular flexibility index (Phi) is 3.46. The molecule has 1 unspecified atom stereocenters. The second-order valence-electron chi connectivity index (χ2n) is 3.59. The van der Waals surface area contributed by atoms with Crippen LogP contribution in [-0.2, 0) is 0 Å². The molecule has 0 spiro atoms. The van der Waals surface area contributed by atoms with Gasteiger partial charge in [0.25, 0.3) is 0 Å². The maximum atomic E-state index is 9.06. The number of hydrogen-bond donors (Lipinski definition) is 0. The maximum absolute atomic E-state index is 9.06. The highest BCUT2D eigenvalue weighted by Crippen LogP contribution is 2.30. The first-order valence-corrected chi connectivity index (χ1v) is 5.72. The third kappa shape index (κ3) is 2.04. The van der Waals surface area contributed by atoms with Gasteiger partial charge in [0, 0.05) is 22.8 Å². The molecule has 1 aromatic heterocycles. The lowest BCUT2D eigenvalue weighted by Crippen LogP contribution is -2.01. The Morgan fingerprint density at radius 1 is 1.41 bits per heavy atom. The normalized spacial score (nSPS) is 12.1. The zero-order valence-electron chi connectivity index (χ0n) is 9.35. The zero-order chi connectivity index (χ0) is 12.3. The van der Waals surface area contributed by atoms with E-state index in [1.807, 2.05) is 24.3 Å².